The van der Waals surface area contributed by atoms with Gasteiger partial charge in [-0.3, -0.25) is 9.59 Å². The van der Waals surface area contributed by atoms with Crippen molar-refractivity contribution < 1.29 is 14.3 Å². The molecule has 0 aliphatic carbocycles. The normalized spacial score (nSPS) is 17.9. The fraction of sp³-hybridized carbons (Fsp3) is 0.529. The maximum absolute atomic E-state index is 12.2. The number of carbonyl (C=O) groups excluding carboxylic acids is 2. The molecule has 1 aromatic carbocycles. The number of benzene rings is 1. The Labute approximate surface area is 131 Å². The van der Waals surface area contributed by atoms with E-state index >= 15 is 0 Å². The lowest BCUT2D eigenvalue weighted by Crippen LogP contribution is -2.36. The molecule has 1 aliphatic heterocycles. The second-order valence-corrected chi connectivity index (χ2v) is 5.89. The molecule has 2 rings (SSSR count). The number of para-hydroxylation sites is 1. The Morgan fingerprint density at radius 1 is 1.41 bits per heavy atom. The van der Waals surface area contributed by atoms with Crippen LogP contribution < -0.4 is 10.1 Å². The zero-order chi connectivity index (χ0) is 16.1. The van der Waals surface area contributed by atoms with Crippen molar-refractivity contribution in [1.82, 2.24) is 10.2 Å². The van der Waals surface area contributed by atoms with Gasteiger partial charge in [0.1, 0.15) is 5.75 Å². The topological polar surface area (TPSA) is 58.6 Å². The predicted octanol–water partition coefficient (Wildman–Crippen LogP) is 1.61. The second-order valence-electron chi connectivity index (χ2n) is 5.89. The maximum atomic E-state index is 12.2. The summed E-state index contributed by atoms with van der Waals surface area (Å²) < 4.78 is 5.29. The average Bonchev–Trinajstić information content (AvgIpc) is 2.90. The van der Waals surface area contributed by atoms with Gasteiger partial charge in [-0.15, -0.1) is 0 Å². The lowest BCUT2D eigenvalue weighted by atomic mass is 10.1. The summed E-state index contributed by atoms with van der Waals surface area (Å²) in [5.41, 5.74) is 1.07. The van der Waals surface area contributed by atoms with E-state index in [-0.39, 0.29) is 23.8 Å². The summed E-state index contributed by atoms with van der Waals surface area (Å²) in [6, 6.07) is 7.93. The van der Waals surface area contributed by atoms with E-state index in [1.54, 1.807) is 12.0 Å². The highest BCUT2D eigenvalue weighted by molar-refractivity contribution is 5.89. The van der Waals surface area contributed by atoms with Crippen molar-refractivity contribution in [2.24, 2.45) is 5.92 Å². The summed E-state index contributed by atoms with van der Waals surface area (Å²) in [6.07, 6.45) is 1.03. The van der Waals surface area contributed by atoms with Crippen molar-refractivity contribution in [3.05, 3.63) is 29.8 Å². The molecule has 0 bridgehead atoms. The Hall–Kier alpha value is -2.04. The number of amides is 2. The lowest BCUT2D eigenvalue weighted by Gasteiger charge is -2.20. The van der Waals surface area contributed by atoms with Crippen molar-refractivity contribution in [1.29, 1.82) is 0 Å². The molecule has 1 heterocycles. The molecule has 2 amide bonds. The zero-order valence-electron chi connectivity index (χ0n) is 13.5. The van der Waals surface area contributed by atoms with Crippen molar-refractivity contribution >= 4 is 11.8 Å². The van der Waals surface area contributed by atoms with Gasteiger partial charge in [-0.1, -0.05) is 18.2 Å². The Morgan fingerprint density at radius 3 is 2.77 bits per heavy atom. The number of carbonyl (C=O) groups is 2. The molecule has 5 nitrogen and oxygen atoms in total. The third-order valence-electron chi connectivity index (χ3n) is 4.04. The fourth-order valence-electron chi connectivity index (χ4n) is 2.78. The molecule has 1 atom stereocenters. The molecule has 22 heavy (non-hydrogen) atoms. The molecule has 120 valence electrons. The molecule has 1 fully saturated rings. The van der Waals surface area contributed by atoms with Gasteiger partial charge >= 0.3 is 0 Å². The molecule has 0 unspecified atom stereocenters. The largest absolute Gasteiger partial charge is 0.496 e. The van der Waals surface area contributed by atoms with Gasteiger partial charge in [0.05, 0.1) is 13.0 Å². The van der Waals surface area contributed by atoms with Crippen LogP contribution in [0.25, 0.3) is 0 Å². The summed E-state index contributed by atoms with van der Waals surface area (Å²) in [4.78, 5) is 25.8. The number of likely N-dealkylation sites (tertiary alicyclic amines) is 1. The van der Waals surface area contributed by atoms with Crippen LogP contribution in [0, 0.1) is 5.92 Å². The first kappa shape index (κ1) is 16.3. The smallest absolute Gasteiger partial charge is 0.225 e. The molecule has 0 radical (unpaired) electrons. The molecule has 1 aliphatic rings. The van der Waals surface area contributed by atoms with E-state index in [4.69, 9.17) is 4.74 Å². The molecule has 5 heteroatoms. The van der Waals surface area contributed by atoms with Gasteiger partial charge in [-0.05, 0) is 31.9 Å². The van der Waals surface area contributed by atoms with Crippen LogP contribution in [0.2, 0.25) is 0 Å². The first-order valence-corrected chi connectivity index (χ1v) is 7.72. The Morgan fingerprint density at radius 2 is 2.14 bits per heavy atom. The maximum Gasteiger partial charge on any atom is 0.225 e. The van der Waals surface area contributed by atoms with Crippen LogP contribution in [0.5, 0.6) is 5.75 Å². The number of nitrogens with one attached hydrogen (secondary N) is 1. The Kier molecular flexibility index (Phi) is 5.41. The summed E-state index contributed by atoms with van der Waals surface area (Å²) in [6.45, 7) is 5.02. The van der Waals surface area contributed by atoms with Gasteiger partial charge in [-0.25, -0.2) is 0 Å². The highest BCUT2D eigenvalue weighted by Gasteiger charge is 2.35. The molecule has 1 saturated heterocycles. The van der Waals surface area contributed by atoms with Crippen LogP contribution in [0.15, 0.2) is 24.3 Å². The van der Waals surface area contributed by atoms with Crippen LogP contribution in [-0.2, 0) is 16.0 Å². The van der Waals surface area contributed by atoms with Gasteiger partial charge in [0.25, 0.3) is 0 Å². The second kappa shape index (κ2) is 7.29. The minimum absolute atomic E-state index is 0.0357. The number of hydrogen-bond acceptors (Lipinski definition) is 3. The quantitative estimate of drug-likeness (QED) is 0.868. The van der Waals surface area contributed by atoms with E-state index in [0.29, 0.717) is 25.9 Å². The van der Waals surface area contributed by atoms with E-state index < -0.39 is 0 Å². The summed E-state index contributed by atoms with van der Waals surface area (Å²) in [7, 11) is 1.64. The first-order chi connectivity index (χ1) is 10.5. The van der Waals surface area contributed by atoms with E-state index in [1.807, 2.05) is 38.1 Å². The van der Waals surface area contributed by atoms with Gasteiger partial charge < -0.3 is 15.0 Å². The third-order valence-corrected chi connectivity index (χ3v) is 4.04. The molecule has 1 N–H and O–H groups in total. The number of nitrogens with zero attached hydrogens (tertiary/aromatic N) is 1. The van der Waals surface area contributed by atoms with E-state index in [1.165, 1.54) is 0 Å². The van der Waals surface area contributed by atoms with E-state index in [9.17, 15) is 9.59 Å². The van der Waals surface area contributed by atoms with Gasteiger partial charge in [0, 0.05) is 25.6 Å². The van der Waals surface area contributed by atoms with Crippen molar-refractivity contribution in [3.8, 4) is 5.75 Å². The van der Waals surface area contributed by atoms with Gasteiger partial charge in [-0.2, -0.15) is 0 Å². The van der Waals surface area contributed by atoms with Crippen LogP contribution >= 0.6 is 0 Å². The van der Waals surface area contributed by atoms with Crippen LogP contribution in [0.1, 0.15) is 25.8 Å². The summed E-state index contributed by atoms with van der Waals surface area (Å²) >= 11 is 0. The molecule has 1 aromatic rings. The van der Waals surface area contributed by atoms with Crippen LogP contribution in [0.4, 0.5) is 0 Å². The standard InChI is InChI=1S/C17H24N2O3/c1-12(2)19-11-14(10-16(19)20)17(21)18-9-8-13-6-4-5-7-15(13)22-3/h4-7,12,14H,8-11H2,1-3H3,(H,18,21)/t14-/m0/s1. The van der Waals surface area contributed by atoms with Crippen molar-refractivity contribution in [2.45, 2.75) is 32.7 Å². The highest BCUT2D eigenvalue weighted by atomic mass is 16.5. The minimum Gasteiger partial charge on any atom is -0.496 e. The Bertz CT molecular complexity index is 542. The third kappa shape index (κ3) is 3.78. The number of methoxy groups -OCH3 is 1. The molecular weight excluding hydrogens is 280 g/mol. The van der Waals surface area contributed by atoms with Crippen LogP contribution in [0.3, 0.4) is 0 Å². The summed E-state index contributed by atoms with van der Waals surface area (Å²) in [5.74, 6) is 0.637. The van der Waals surface area contributed by atoms with Gasteiger partial charge in [0.15, 0.2) is 0 Å². The number of ether oxygens (including phenoxy) is 1. The highest BCUT2D eigenvalue weighted by Crippen LogP contribution is 2.20. The monoisotopic (exact) mass is 304 g/mol. The van der Waals surface area contributed by atoms with Crippen molar-refractivity contribution in [2.75, 3.05) is 20.2 Å². The Balaban J connectivity index is 1.82. The predicted molar refractivity (Wildman–Crippen MR) is 84.7 cm³/mol. The molecule has 0 saturated carbocycles. The molecular formula is C17H24N2O3. The fourth-order valence-corrected chi connectivity index (χ4v) is 2.78. The first-order valence-electron chi connectivity index (χ1n) is 7.72. The van der Waals surface area contributed by atoms with E-state index in [0.717, 1.165) is 11.3 Å². The van der Waals surface area contributed by atoms with Crippen LogP contribution in [-0.4, -0.2) is 43.0 Å². The van der Waals surface area contributed by atoms with Crippen molar-refractivity contribution in [3.63, 3.8) is 0 Å². The average molecular weight is 304 g/mol. The van der Waals surface area contributed by atoms with Gasteiger partial charge in [0.2, 0.25) is 11.8 Å². The molecule has 0 spiro atoms. The number of rotatable bonds is 6. The number of hydrogen-bond donors (Lipinski definition) is 1. The minimum atomic E-state index is -0.229. The summed E-state index contributed by atoms with van der Waals surface area (Å²) in [5, 5.41) is 2.93. The molecule has 0 aromatic heterocycles. The zero-order valence-corrected chi connectivity index (χ0v) is 13.5. The van der Waals surface area contributed by atoms with E-state index in [2.05, 4.69) is 5.32 Å². The SMILES string of the molecule is COc1ccccc1CCNC(=O)[C@H]1CC(=O)N(C(C)C)C1. The lowest BCUT2D eigenvalue weighted by molar-refractivity contribution is -0.129.